The van der Waals surface area contributed by atoms with Crippen molar-refractivity contribution in [3.63, 3.8) is 0 Å². The number of hydrogen-bond acceptors (Lipinski definition) is 2. The van der Waals surface area contributed by atoms with Crippen molar-refractivity contribution in [2.45, 2.75) is 6.61 Å². The first-order chi connectivity index (χ1) is 3.83. The maximum atomic E-state index is 12.0. The van der Waals surface area contributed by atoms with Crippen molar-refractivity contribution in [2.75, 3.05) is 0 Å². The van der Waals surface area contributed by atoms with Gasteiger partial charge in [0.1, 0.15) is 5.82 Å². The second-order valence-corrected chi connectivity index (χ2v) is 2.39. The molecule has 8 heavy (non-hydrogen) atoms. The molecule has 0 aromatic carbocycles. The van der Waals surface area contributed by atoms with E-state index in [2.05, 4.69) is 0 Å². The van der Waals surface area contributed by atoms with Crippen LogP contribution in [0.2, 0.25) is 0 Å². The highest BCUT2D eigenvalue weighted by molar-refractivity contribution is 7.09. The van der Waals surface area contributed by atoms with E-state index in [-0.39, 0.29) is 12.4 Å². The zero-order valence-electron chi connectivity index (χ0n) is 4.10. The first-order valence-corrected chi connectivity index (χ1v) is 3.04. The monoisotopic (exact) mass is 132 g/mol. The summed E-state index contributed by atoms with van der Waals surface area (Å²) in [5.41, 5.74) is 0. The van der Waals surface area contributed by atoms with Gasteiger partial charge in [0.25, 0.3) is 0 Å². The molecule has 0 saturated carbocycles. The zero-order valence-corrected chi connectivity index (χ0v) is 4.91. The molecule has 1 nitrogen and oxygen atoms in total. The lowest BCUT2D eigenvalue weighted by Crippen LogP contribution is -1.71. The van der Waals surface area contributed by atoms with Crippen molar-refractivity contribution < 1.29 is 9.50 Å². The minimum atomic E-state index is -0.265. The summed E-state index contributed by atoms with van der Waals surface area (Å²) in [7, 11) is 0. The molecule has 3 heteroatoms. The van der Waals surface area contributed by atoms with Gasteiger partial charge in [0.05, 0.1) is 6.61 Å². The van der Waals surface area contributed by atoms with Crippen LogP contribution in [0.15, 0.2) is 11.4 Å². The van der Waals surface area contributed by atoms with Gasteiger partial charge in [-0.05, 0) is 6.07 Å². The molecule has 0 unspecified atom stereocenters. The largest absolute Gasteiger partial charge is 0.391 e. The van der Waals surface area contributed by atoms with E-state index in [4.69, 9.17) is 5.11 Å². The van der Waals surface area contributed by atoms with E-state index in [1.807, 2.05) is 0 Å². The molecule has 1 aromatic rings. The van der Waals surface area contributed by atoms with Crippen molar-refractivity contribution in [3.8, 4) is 0 Å². The normalized spacial score (nSPS) is 9.75. The Morgan fingerprint density at radius 3 is 2.75 bits per heavy atom. The van der Waals surface area contributed by atoms with Gasteiger partial charge in [0.15, 0.2) is 0 Å². The summed E-state index contributed by atoms with van der Waals surface area (Å²) in [6.07, 6.45) is 0. The predicted octanol–water partition coefficient (Wildman–Crippen LogP) is 1.38. The lowest BCUT2D eigenvalue weighted by Gasteiger charge is -1.78. The summed E-state index contributed by atoms with van der Waals surface area (Å²) in [6.45, 7) is -0.0609. The highest BCUT2D eigenvalue weighted by Crippen LogP contribution is 2.11. The number of hydrogen-bond donors (Lipinski definition) is 1. The van der Waals surface area contributed by atoms with E-state index in [1.54, 1.807) is 0 Å². The summed E-state index contributed by atoms with van der Waals surface area (Å²) < 4.78 is 12.0. The Balaban J connectivity index is 2.84. The third-order valence-electron chi connectivity index (χ3n) is 0.778. The number of aliphatic hydroxyl groups is 1. The van der Waals surface area contributed by atoms with Crippen molar-refractivity contribution >= 4 is 11.3 Å². The van der Waals surface area contributed by atoms with Crippen LogP contribution in [-0.4, -0.2) is 5.11 Å². The molecular formula is C5H5FOS. The molecule has 44 valence electrons. The van der Waals surface area contributed by atoms with Crippen LogP contribution in [0.3, 0.4) is 0 Å². The van der Waals surface area contributed by atoms with Gasteiger partial charge in [0, 0.05) is 10.3 Å². The molecule has 0 saturated heterocycles. The van der Waals surface area contributed by atoms with E-state index in [0.717, 1.165) is 0 Å². The van der Waals surface area contributed by atoms with E-state index in [1.165, 1.54) is 22.8 Å². The third-order valence-corrected chi connectivity index (χ3v) is 1.67. The highest BCUT2D eigenvalue weighted by Gasteiger charge is 1.93. The van der Waals surface area contributed by atoms with Crippen LogP contribution in [0.4, 0.5) is 4.39 Å². The summed E-state index contributed by atoms with van der Waals surface area (Å²) in [6, 6.07) is 1.32. The van der Waals surface area contributed by atoms with E-state index in [0.29, 0.717) is 4.88 Å². The molecule has 1 aromatic heterocycles. The van der Waals surface area contributed by atoms with Gasteiger partial charge in [-0.1, -0.05) is 0 Å². The summed E-state index contributed by atoms with van der Waals surface area (Å²) >= 11 is 1.22. The van der Waals surface area contributed by atoms with Gasteiger partial charge in [-0.15, -0.1) is 11.3 Å². The highest BCUT2D eigenvalue weighted by atomic mass is 32.1. The first kappa shape index (κ1) is 5.72. The van der Waals surface area contributed by atoms with Gasteiger partial charge >= 0.3 is 0 Å². The van der Waals surface area contributed by atoms with Gasteiger partial charge in [0.2, 0.25) is 0 Å². The predicted molar refractivity (Wildman–Crippen MR) is 30.2 cm³/mol. The molecule has 0 aliphatic rings. The second-order valence-electron chi connectivity index (χ2n) is 1.39. The van der Waals surface area contributed by atoms with Crippen LogP contribution in [0.5, 0.6) is 0 Å². The smallest absolute Gasteiger partial charge is 0.134 e. The molecule has 0 fully saturated rings. The topological polar surface area (TPSA) is 20.2 Å². The average molecular weight is 132 g/mol. The van der Waals surface area contributed by atoms with Crippen LogP contribution in [-0.2, 0) is 6.61 Å². The molecule has 1 heterocycles. The summed E-state index contributed by atoms with van der Waals surface area (Å²) in [5, 5.41) is 9.76. The molecule has 0 atom stereocenters. The summed E-state index contributed by atoms with van der Waals surface area (Å²) in [4.78, 5) is 0.669. The van der Waals surface area contributed by atoms with Crippen molar-refractivity contribution in [2.24, 2.45) is 0 Å². The standard InChI is InChI=1S/C5H5FOS/c6-4-1-5(2-7)8-3-4/h1,3,7H,2H2. The Morgan fingerprint density at radius 1 is 1.75 bits per heavy atom. The molecule has 1 rings (SSSR count). The van der Waals surface area contributed by atoms with Crippen molar-refractivity contribution in [1.29, 1.82) is 0 Å². The van der Waals surface area contributed by atoms with Crippen molar-refractivity contribution in [3.05, 3.63) is 22.1 Å². The Morgan fingerprint density at radius 2 is 2.50 bits per heavy atom. The van der Waals surface area contributed by atoms with Crippen LogP contribution < -0.4 is 0 Å². The molecule has 1 N–H and O–H groups in total. The van der Waals surface area contributed by atoms with Gasteiger partial charge in [-0.2, -0.15) is 0 Å². The molecule has 0 radical (unpaired) electrons. The third kappa shape index (κ3) is 1.05. The minimum absolute atomic E-state index is 0.0609. The number of halogens is 1. The van der Waals surface area contributed by atoms with Crippen LogP contribution >= 0.6 is 11.3 Å². The zero-order chi connectivity index (χ0) is 5.98. The van der Waals surface area contributed by atoms with Crippen LogP contribution in [0, 0.1) is 5.82 Å². The van der Waals surface area contributed by atoms with E-state index < -0.39 is 0 Å². The Kier molecular flexibility index (Phi) is 1.60. The number of aliphatic hydroxyl groups excluding tert-OH is 1. The minimum Gasteiger partial charge on any atom is -0.391 e. The van der Waals surface area contributed by atoms with Gasteiger partial charge < -0.3 is 5.11 Å². The van der Waals surface area contributed by atoms with E-state index >= 15 is 0 Å². The Hall–Kier alpha value is -0.410. The average Bonchev–Trinajstić information content (AvgIpc) is 2.14. The molecule has 0 spiro atoms. The fourth-order valence-corrected chi connectivity index (χ4v) is 1.02. The lowest BCUT2D eigenvalue weighted by atomic mass is 10.5. The van der Waals surface area contributed by atoms with Gasteiger partial charge in [-0.25, -0.2) is 4.39 Å². The maximum Gasteiger partial charge on any atom is 0.134 e. The van der Waals surface area contributed by atoms with Crippen LogP contribution in [0.1, 0.15) is 4.88 Å². The maximum absolute atomic E-state index is 12.0. The van der Waals surface area contributed by atoms with Crippen LogP contribution in [0.25, 0.3) is 0 Å². The van der Waals surface area contributed by atoms with E-state index in [9.17, 15) is 4.39 Å². The Bertz CT molecular complexity index is 173. The fraction of sp³-hybridized carbons (Fsp3) is 0.200. The van der Waals surface area contributed by atoms with Gasteiger partial charge in [-0.3, -0.25) is 0 Å². The molecule has 0 aliphatic heterocycles. The SMILES string of the molecule is OCc1cc(F)cs1. The summed E-state index contributed by atoms with van der Waals surface area (Å²) in [5.74, 6) is -0.265. The second kappa shape index (κ2) is 2.24. The quantitative estimate of drug-likeness (QED) is 0.612. The molecule has 0 bridgehead atoms. The Labute approximate surface area is 50.4 Å². The van der Waals surface area contributed by atoms with Crippen molar-refractivity contribution in [1.82, 2.24) is 0 Å². The first-order valence-electron chi connectivity index (χ1n) is 2.16. The number of rotatable bonds is 1. The molecule has 0 aliphatic carbocycles. The molecule has 0 amide bonds. The lowest BCUT2D eigenvalue weighted by molar-refractivity contribution is 0.285. The molecular weight excluding hydrogens is 127 g/mol. The fourth-order valence-electron chi connectivity index (χ4n) is 0.437. The number of thiophene rings is 1.